The van der Waals surface area contributed by atoms with Crippen LogP contribution in [0.3, 0.4) is 0 Å². The van der Waals surface area contributed by atoms with E-state index in [1.165, 1.54) is 0 Å². The fourth-order valence-electron chi connectivity index (χ4n) is 4.65. The van der Waals surface area contributed by atoms with Gasteiger partial charge >= 0.3 is 0 Å². The van der Waals surface area contributed by atoms with Crippen LogP contribution in [0.2, 0.25) is 0 Å². The quantitative estimate of drug-likeness (QED) is 0.394. The van der Waals surface area contributed by atoms with Crippen molar-refractivity contribution in [1.29, 1.82) is 0 Å². The Morgan fingerprint density at radius 2 is 1.28 bits per heavy atom. The SMILES string of the molecule is O=C(Nc1ccccc1NC(=O)C1CCN(C(=O)c2cccc3ccccc23)CC1)c1ccccc1. The molecule has 1 heterocycles. The van der Waals surface area contributed by atoms with E-state index < -0.39 is 0 Å². The van der Waals surface area contributed by atoms with E-state index in [0.717, 1.165) is 10.8 Å². The van der Waals surface area contributed by atoms with Gasteiger partial charge in [-0.25, -0.2) is 0 Å². The van der Waals surface area contributed by atoms with E-state index in [0.29, 0.717) is 48.4 Å². The van der Waals surface area contributed by atoms with E-state index >= 15 is 0 Å². The fourth-order valence-corrected chi connectivity index (χ4v) is 4.65. The van der Waals surface area contributed by atoms with Crippen molar-refractivity contribution in [2.75, 3.05) is 23.7 Å². The first-order valence-electron chi connectivity index (χ1n) is 12.1. The van der Waals surface area contributed by atoms with Crippen LogP contribution in [0.5, 0.6) is 0 Å². The summed E-state index contributed by atoms with van der Waals surface area (Å²) >= 11 is 0. The van der Waals surface area contributed by atoms with Crippen LogP contribution < -0.4 is 10.6 Å². The highest BCUT2D eigenvalue weighted by Gasteiger charge is 2.29. The summed E-state index contributed by atoms with van der Waals surface area (Å²) in [5.74, 6) is -0.551. The lowest BCUT2D eigenvalue weighted by molar-refractivity contribution is -0.121. The zero-order chi connectivity index (χ0) is 24.9. The second kappa shape index (κ2) is 10.4. The maximum absolute atomic E-state index is 13.2. The second-order valence-electron chi connectivity index (χ2n) is 8.95. The van der Waals surface area contributed by atoms with Crippen LogP contribution in [-0.2, 0) is 4.79 Å². The number of carbonyl (C=O) groups excluding carboxylic acids is 3. The van der Waals surface area contributed by atoms with Crippen molar-refractivity contribution in [2.24, 2.45) is 5.92 Å². The predicted octanol–water partition coefficient (Wildman–Crippen LogP) is 5.58. The minimum absolute atomic E-state index is 0.000344. The summed E-state index contributed by atoms with van der Waals surface area (Å²) in [7, 11) is 0. The molecule has 0 unspecified atom stereocenters. The third-order valence-corrected chi connectivity index (χ3v) is 6.64. The Kier molecular flexibility index (Phi) is 6.76. The van der Waals surface area contributed by atoms with Gasteiger partial charge in [-0.15, -0.1) is 0 Å². The maximum atomic E-state index is 13.2. The van der Waals surface area contributed by atoms with Crippen molar-refractivity contribution in [2.45, 2.75) is 12.8 Å². The van der Waals surface area contributed by atoms with Crippen molar-refractivity contribution in [1.82, 2.24) is 4.90 Å². The van der Waals surface area contributed by atoms with Gasteiger partial charge in [0.1, 0.15) is 0 Å². The minimum Gasteiger partial charge on any atom is -0.339 e. The van der Waals surface area contributed by atoms with Gasteiger partial charge in [-0.1, -0.05) is 66.7 Å². The van der Waals surface area contributed by atoms with Gasteiger partial charge in [0, 0.05) is 30.1 Å². The predicted molar refractivity (Wildman–Crippen MR) is 142 cm³/mol. The van der Waals surface area contributed by atoms with Crippen LogP contribution in [0.4, 0.5) is 11.4 Å². The van der Waals surface area contributed by atoms with Crippen LogP contribution in [0.1, 0.15) is 33.6 Å². The number of fused-ring (bicyclic) bond motifs is 1. The molecule has 3 amide bonds. The van der Waals surface area contributed by atoms with E-state index in [1.807, 2.05) is 65.6 Å². The Labute approximate surface area is 209 Å². The number of likely N-dealkylation sites (tertiary alicyclic amines) is 1. The lowest BCUT2D eigenvalue weighted by Gasteiger charge is -2.31. The average molecular weight is 478 g/mol. The molecule has 1 aliphatic rings. The van der Waals surface area contributed by atoms with Crippen molar-refractivity contribution in [3.63, 3.8) is 0 Å². The molecule has 4 aromatic rings. The van der Waals surface area contributed by atoms with Crippen molar-refractivity contribution >= 4 is 39.9 Å². The lowest BCUT2D eigenvalue weighted by atomic mass is 9.94. The van der Waals surface area contributed by atoms with E-state index in [9.17, 15) is 14.4 Å². The molecule has 0 radical (unpaired) electrons. The first-order chi connectivity index (χ1) is 17.6. The molecular formula is C30H27N3O3. The number of hydrogen-bond acceptors (Lipinski definition) is 3. The molecule has 1 fully saturated rings. The molecule has 1 aliphatic heterocycles. The smallest absolute Gasteiger partial charge is 0.255 e. The zero-order valence-corrected chi connectivity index (χ0v) is 19.8. The summed E-state index contributed by atoms with van der Waals surface area (Å²) in [5, 5.41) is 7.84. The molecule has 0 spiro atoms. The monoisotopic (exact) mass is 477 g/mol. The molecule has 0 atom stereocenters. The summed E-state index contributed by atoms with van der Waals surface area (Å²) in [6, 6.07) is 29.8. The molecule has 0 bridgehead atoms. The molecule has 1 saturated heterocycles. The number of anilines is 2. The Morgan fingerprint density at radius 3 is 2.03 bits per heavy atom. The molecule has 4 aromatic carbocycles. The Balaban J connectivity index is 1.22. The normalized spacial score (nSPS) is 13.8. The fraction of sp³-hybridized carbons (Fsp3) is 0.167. The average Bonchev–Trinajstić information content (AvgIpc) is 2.94. The van der Waals surface area contributed by atoms with Gasteiger partial charge in [0.15, 0.2) is 0 Å². The molecule has 6 nitrogen and oxygen atoms in total. The number of carbonyl (C=O) groups is 3. The highest BCUT2D eigenvalue weighted by molar-refractivity contribution is 6.08. The number of amides is 3. The second-order valence-corrected chi connectivity index (χ2v) is 8.95. The number of benzene rings is 4. The molecular weight excluding hydrogens is 450 g/mol. The van der Waals surface area contributed by atoms with Crippen LogP contribution in [0.25, 0.3) is 10.8 Å². The summed E-state index contributed by atoms with van der Waals surface area (Å²) < 4.78 is 0. The van der Waals surface area contributed by atoms with Crippen LogP contribution >= 0.6 is 0 Å². The number of nitrogens with zero attached hydrogens (tertiary/aromatic N) is 1. The third-order valence-electron chi connectivity index (χ3n) is 6.64. The first-order valence-corrected chi connectivity index (χ1v) is 12.1. The highest BCUT2D eigenvalue weighted by Crippen LogP contribution is 2.27. The molecule has 0 aliphatic carbocycles. The number of para-hydroxylation sites is 2. The molecule has 180 valence electrons. The molecule has 2 N–H and O–H groups in total. The third kappa shape index (κ3) is 4.98. The van der Waals surface area contributed by atoms with Gasteiger partial charge in [-0.3, -0.25) is 14.4 Å². The van der Waals surface area contributed by atoms with Crippen LogP contribution in [0.15, 0.2) is 97.1 Å². The Hall–Kier alpha value is -4.45. The summed E-state index contributed by atoms with van der Waals surface area (Å²) in [6.07, 6.45) is 1.17. The van der Waals surface area contributed by atoms with E-state index in [1.54, 1.807) is 36.4 Å². The number of piperidine rings is 1. The van der Waals surface area contributed by atoms with Crippen molar-refractivity contribution < 1.29 is 14.4 Å². The summed E-state index contributed by atoms with van der Waals surface area (Å²) in [6.45, 7) is 1.04. The molecule has 5 rings (SSSR count). The Bertz CT molecular complexity index is 1400. The molecule has 0 saturated carbocycles. The minimum atomic E-state index is -0.238. The number of nitrogens with one attached hydrogen (secondary N) is 2. The van der Waals surface area contributed by atoms with Crippen LogP contribution in [0, 0.1) is 5.92 Å². The Morgan fingerprint density at radius 1 is 0.667 bits per heavy atom. The topological polar surface area (TPSA) is 78.5 Å². The first kappa shape index (κ1) is 23.3. The van der Waals surface area contributed by atoms with Crippen molar-refractivity contribution in [3.8, 4) is 0 Å². The zero-order valence-electron chi connectivity index (χ0n) is 19.8. The van der Waals surface area contributed by atoms with E-state index in [-0.39, 0.29) is 23.6 Å². The number of hydrogen-bond donors (Lipinski definition) is 2. The van der Waals surface area contributed by atoms with Gasteiger partial charge in [0.2, 0.25) is 5.91 Å². The maximum Gasteiger partial charge on any atom is 0.255 e. The van der Waals surface area contributed by atoms with Gasteiger partial charge < -0.3 is 15.5 Å². The largest absolute Gasteiger partial charge is 0.339 e. The van der Waals surface area contributed by atoms with E-state index in [4.69, 9.17) is 0 Å². The highest BCUT2D eigenvalue weighted by atomic mass is 16.2. The van der Waals surface area contributed by atoms with Gasteiger partial charge in [0.25, 0.3) is 11.8 Å². The summed E-state index contributed by atoms with van der Waals surface area (Å²) in [5.41, 5.74) is 2.34. The molecule has 0 aromatic heterocycles. The number of rotatable bonds is 5. The lowest BCUT2D eigenvalue weighted by Crippen LogP contribution is -2.41. The molecule has 6 heteroatoms. The summed E-state index contributed by atoms with van der Waals surface area (Å²) in [4.78, 5) is 40.7. The standard InChI is InChI=1S/C30H27N3O3/c34-28(22-10-2-1-3-11-22)31-26-15-6-7-16-27(26)32-29(35)23-17-19-33(20-18-23)30(36)25-14-8-12-21-9-4-5-13-24(21)25/h1-16,23H,17-20H2,(H,31,34)(H,32,35). The van der Waals surface area contributed by atoms with Crippen LogP contribution in [-0.4, -0.2) is 35.7 Å². The molecule has 36 heavy (non-hydrogen) atoms. The van der Waals surface area contributed by atoms with Crippen molar-refractivity contribution in [3.05, 3.63) is 108 Å². The van der Waals surface area contributed by atoms with Gasteiger partial charge in [-0.2, -0.15) is 0 Å². The van der Waals surface area contributed by atoms with E-state index in [2.05, 4.69) is 10.6 Å². The van der Waals surface area contributed by atoms with Gasteiger partial charge in [0.05, 0.1) is 11.4 Å². The van der Waals surface area contributed by atoms with Gasteiger partial charge in [-0.05, 0) is 53.9 Å².